The number of methoxy groups -OCH3 is 2. The first-order chi connectivity index (χ1) is 9.67. The van der Waals surface area contributed by atoms with Crippen LogP contribution in [0, 0.1) is 0 Å². The highest BCUT2D eigenvalue weighted by Gasteiger charge is 2.35. The van der Waals surface area contributed by atoms with Gasteiger partial charge in [0.15, 0.2) is 23.4 Å². The Morgan fingerprint density at radius 1 is 1.00 bits per heavy atom. The Labute approximate surface area is 117 Å². The molecular weight excluding hydrogens is 256 g/mol. The van der Waals surface area contributed by atoms with Gasteiger partial charge in [0.25, 0.3) is 0 Å². The summed E-state index contributed by atoms with van der Waals surface area (Å²) in [5.74, 6) is 0.801. The molecular formula is C16H16O4. The Hall–Kier alpha value is -2.33. The minimum absolute atomic E-state index is 0.341. The number of para-hydroxylation sites is 1. The largest absolute Gasteiger partial charge is 0.493 e. The monoisotopic (exact) mass is 272 g/mol. The van der Waals surface area contributed by atoms with Crippen LogP contribution < -0.4 is 9.47 Å². The Balaban J connectivity index is 2.66. The lowest BCUT2D eigenvalue weighted by Gasteiger charge is -2.25. The second kappa shape index (κ2) is 5.75. The van der Waals surface area contributed by atoms with Crippen LogP contribution in [-0.4, -0.2) is 25.6 Å². The zero-order valence-electron chi connectivity index (χ0n) is 11.4. The normalized spacial score (nSPS) is 13.3. The molecule has 2 aromatic carbocycles. The molecule has 2 rings (SSSR count). The number of aliphatic hydroxyl groups is 1. The van der Waals surface area contributed by atoms with Crippen molar-refractivity contribution in [1.82, 2.24) is 0 Å². The molecule has 0 saturated heterocycles. The molecule has 1 unspecified atom stereocenters. The summed E-state index contributed by atoms with van der Waals surface area (Å²) in [5.41, 5.74) is -0.955. The van der Waals surface area contributed by atoms with Crippen LogP contribution in [0.1, 0.15) is 11.1 Å². The summed E-state index contributed by atoms with van der Waals surface area (Å²) in [5, 5.41) is 10.8. The van der Waals surface area contributed by atoms with E-state index in [-0.39, 0.29) is 0 Å². The molecule has 0 amide bonds. The van der Waals surface area contributed by atoms with Gasteiger partial charge in [0.1, 0.15) is 0 Å². The van der Waals surface area contributed by atoms with Crippen LogP contribution in [0.15, 0.2) is 48.5 Å². The van der Waals surface area contributed by atoms with Crippen LogP contribution in [-0.2, 0) is 10.4 Å². The molecule has 2 aromatic rings. The fourth-order valence-electron chi connectivity index (χ4n) is 2.17. The van der Waals surface area contributed by atoms with E-state index < -0.39 is 5.60 Å². The second-order valence-electron chi connectivity index (χ2n) is 4.29. The summed E-state index contributed by atoms with van der Waals surface area (Å²) in [6.45, 7) is 0. The maximum atomic E-state index is 11.5. The highest BCUT2D eigenvalue weighted by atomic mass is 16.5. The van der Waals surface area contributed by atoms with Gasteiger partial charge in [-0.1, -0.05) is 42.5 Å². The molecule has 0 spiro atoms. The molecule has 0 fully saturated rings. The number of ether oxygens (including phenoxy) is 2. The molecule has 0 saturated carbocycles. The van der Waals surface area contributed by atoms with Gasteiger partial charge in [0.2, 0.25) is 0 Å². The van der Waals surface area contributed by atoms with E-state index >= 15 is 0 Å². The lowest BCUT2D eigenvalue weighted by Crippen LogP contribution is -2.29. The number of hydrogen-bond acceptors (Lipinski definition) is 4. The van der Waals surface area contributed by atoms with E-state index in [1.165, 1.54) is 14.2 Å². The standard InChI is InChI=1S/C16H16O4/c1-19-14-10-6-9-13(15(14)20-2)16(18,11-17)12-7-4-3-5-8-12/h3-11,18H,1-2H3. The van der Waals surface area contributed by atoms with Gasteiger partial charge < -0.3 is 14.6 Å². The topological polar surface area (TPSA) is 55.8 Å². The molecule has 0 aliphatic carbocycles. The Morgan fingerprint density at radius 3 is 2.25 bits per heavy atom. The Kier molecular flexibility index (Phi) is 4.05. The molecule has 4 nitrogen and oxygen atoms in total. The maximum absolute atomic E-state index is 11.5. The van der Waals surface area contributed by atoms with Gasteiger partial charge in [-0.25, -0.2) is 0 Å². The number of carbonyl (C=O) groups is 1. The first-order valence-electron chi connectivity index (χ1n) is 6.13. The first-order valence-corrected chi connectivity index (χ1v) is 6.13. The minimum Gasteiger partial charge on any atom is -0.493 e. The fourth-order valence-corrected chi connectivity index (χ4v) is 2.17. The fraction of sp³-hybridized carbons (Fsp3) is 0.188. The molecule has 0 aromatic heterocycles. The lowest BCUT2D eigenvalue weighted by atomic mass is 9.87. The molecule has 1 atom stereocenters. The van der Waals surface area contributed by atoms with E-state index in [1.54, 1.807) is 42.5 Å². The summed E-state index contributed by atoms with van der Waals surface area (Å²) >= 11 is 0. The number of rotatable bonds is 5. The van der Waals surface area contributed by atoms with E-state index in [4.69, 9.17) is 9.47 Å². The van der Waals surface area contributed by atoms with E-state index in [2.05, 4.69) is 0 Å². The predicted octanol–water partition coefficient (Wildman–Crippen LogP) is 2.14. The van der Waals surface area contributed by atoms with Gasteiger partial charge in [-0.15, -0.1) is 0 Å². The van der Waals surface area contributed by atoms with Crippen molar-refractivity contribution in [3.05, 3.63) is 59.7 Å². The van der Waals surface area contributed by atoms with Crippen molar-refractivity contribution >= 4 is 6.29 Å². The van der Waals surface area contributed by atoms with Gasteiger partial charge >= 0.3 is 0 Å². The van der Waals surface area contributed by atoms with Gasteiger partial charge in [0, 0.05) is 5.56 Å². The van der Waals surface area contributed by atoms with Crippen molar-refractivity contribution in [3.63, 3.8) is 0 Å². The van der Waals surface area contributed by atoms with Crippen molar-refractivity contribution in [2.24, 2.45) is 0 Å². The smallest absolute Gasteiger partial charge is 0.174 e. The van der Waals surface area contributed by atoms with Crippen LogP contribution >= 0.6 is 0 Å². The summed E-state index contributed by atoms with van der Waals surface area (Å²) in [7, 11) is 2.97. The van der Waals surface area contributed by atoms with Gasteiger partial charge in [-0.05, 0) is 11.6 Å². The van der Waals surface area contributed by atoms with E-state index in [0.717, 1.165) is 0 Å². The molecule has 1 N–H and O–H groups in total. The van der Waals surface area contributed by atoms with Crippen molar-refractivity contribution < 1.29 is 19.4 Å². The summed E-state index contributed by atoms with van der Waals surface area (Å²) < 4.78 is 10.5. The highest BCUT2D eigenvalue weighted by molar-refractivity contribution is 5.75. The third-order valence-electron chi connectivity index (χ3n) is 3.20. The summed E-state index contributed by atoms with van der Waals surface area (Å²) in [4.78, 5) is 11.5. The molecule has 20 heavy (non-hydrogen) atoms. The number of carbonyl (C=O) groups excluding carboxylic acids is 1. The second-order valence-corrected chi connectivity index (χ2v) is 4.29. The third kappa shape index (κ3) is 2.26. The van der Waals surface area contributed by atoms with E-state index in [1.807, 2.05) is 6.07 Å². The molecule has 0 aliphatic heterocycles. The van der Waals surface area contributed by atoms with E-state index in [9.17, 15) is 9.90 Å². The average Bonchev–Trinajstić information content (AvgIpc) is 2.54. The van der Waals surface area contributed by atoms with Gasteiger partial charge in [-0.2, -0.15) is 0 Å². The third-order valence-corrected chi connectivity index (χ3v) is 3.20. The predicted molar refractivity (Wildman–Crippen MR) is 75.1 cm³/mol. The van der Waals surface area contributed by atoms with Crippen molar-refractivity contribution in [2.75, 3.05) is 14.2 Å². The van der Waals surface area contributed by atoms with Crippen LogP contribution in [0.25, 0.3) is 0 Å². The SMILES string of the molecule is COc1cccc(C(O)(C=O)c2ccccc2)c1OC. The van der Waals surface area contributed by atoms with Crippen molar-refractivity contribution in [2.45, 2.75) is 5.60 Å². The zero-order chi connectivity index (χ0) is 14.6. The summed E-state index contributed by atoms with van der Waals surface area (Å²) in [6.07, 6.45) is 0.500. The molecule has 0 aliphatic rings. The lowest BCUT2D eigenvalue weighted by molar-refractivity contribution is -0.121. The first kappa shape index (κ1) is 14.1. The van der Waals surface area contributed by atoms with Gasteiger partial charge in [0.05, 0.1) is 14.2 Å². The maximum Gasteiger partial charge on any atom is 0.174 e. The number of hydrogen-bond donors (Lipinski definition) is 1. The molecule has 104 valence electrons. The molecule has 0 heterocycles. The molecule has 0 radical (unpaired) electrons. The minimum atomic E-state index is -1.78. The quantitative estimate of drug-likeness (QED) is 0.847. The van der Waals surface area contributed by atoms with Crippen molar-refractivity contribution in [3.8, 4) is 11.5 Å². The van der Waals surface area contributed by atoms with Crippen LogP contribution in [0.3, 0.4) is 0 Å². The van der Waals surface area contributed by atoms with Crippen LogP contribution in [0.2, 0.25) is 0 Å². The van der Waals surface area contributed by atoms with Crippen LogP contribution in [0.4, 0.5) is 0 Å². The average molecular weight is 272 g/mol. The molecule has 0 bridgehead atoms. The number of aldehydes is 1. The van der Waals surface area contributed by atoms with Gasteiger partial charge in [-0.3, -0.25) is 4.79 Å². The Bertz CT molecular complexity index is 595. The zero-order valence-corrected chi connectivity index (χ0v) is 11.4. The molecule has 4 heteroatoms. The highest BCUT2D eigenvalue weighted by Crippen LogP contribution is 2.39. The van der Waals surface area contributed by atoms with E-state index in [0.29, 0.717) is 28.9 Å². The number of benzene rings is 2. The van der Waals surface area contributed by atoms with Crippen molar-refractivity contribution in [1.29, 1.82) is 0 Å². The Morgan fingerprint density at radius 2 is 1.70 bits per heavy atom. The summed E-state index contributed by atoms with van der Waals surface area (Å²) in [6, 6.07) is 13.8. The van der Waals surface area contributed by atoms with Crippen LogP contribution in [0.5, 0.6) is 11.5 Å².